The smallest absolute Gasteiger partial charge is 0.198 e. The minimum absolute atomic E-state index is 0.146. The van der Waals surface area contributed by atoms with Crippen LogP contribution in [0, 0.1) is 0 Å². The van der Waals surface area contributed by atoms with E-state index < -0.39 is 0 Å². The van der Waals surface area contributed by atoms with E-state index in [1.807, 2.05) is 0 Å². The first-order chi connectivity index (χ1) is 7.72. The van der Waals surface area contributed by atoms with Crippen molar-refractivity contribution < 1.29 is 9.59 Å². The lowest BCUT2D eigenvalue weighted by Crippen LogP contribution is -2.13. The molecule has 0 saturated carbocycles. The van der Waals surface area contributed by atoms with Gasteiger partial charge in [0.05, 0.1) is 0 Å². The molecule has 0 aliphatic rings. The second kappa shape index (κ2) is 10.8. The standard InChI is InChI=1S/C14H26O2/c1-3-5-7-8-10-12-14(16)13(15)11-9-6-4-2/h3-12H2,1-2H3. The molecule has 94 valence electrons. The fourth-order valence-corrected chi connectivity index (χ4v) is 1.70. The van der Waals surface area contributed by atoms with Crippen LogP contribution in [0.5, 0.6) is 0 Å². The summed E-state index contributed by atoms with van der Waals surface area (Å²) < 4.78 is 0. The van der Waals surface area contributed by atoms with Crippen LogP contribution in [0.2, 0.25) is 0 Å². The van der Waals surface area contributed by atoms with Crippen LogP contribution in [0.4, 0.5) is 0 Å². The molecule has 0 aliphatic heterocycles. The number of hydrogen-bond donors (Lipinski definition) is 0. The average Bonchev–Trinajstić information content (AvgIpc) is 2.28. The Morgan fingerprint density at radius 1 is 0.625 bits per heavy atom. The van der Waals surface area contributed by atoms with Crippen molar-refractivity contribution in [1.82, 2.24) is 0 Å². The molecule has 0 aliphatic carbocycles. The maximum atomic E-state index is 11.4. The third kappa shape index (κ3) is 8.63. The van der Waals surface area contributed by atoms with Crippen molar-refractivity contribution in [2.24, 2.45) is 0 Å². The van der Waals surface area contributed by atoms with E-state index in [2.05, 4.69) is 13.8 Å². The summed E-state index contributed by atoms with van der Waals surface area (Å²) >= 11 is 0. The van der Waals surface area contributed by atoms with Gasteiger partial charge in [0, 0.05) is 12.8 Å². The largest absolute Gasteiger partial charge is 0.291 e. The van der Waals surface area contributed by atoms with Gasteiger partial charge in [-0.3, -0.25) is 9.59 Å². The van der Waals surface area contributed by atoms with E-state index in [0.717, 1.165) is 32.1 Å². The van der Waals surface area contributed by atoms with Crippen LogP contribution in [0.15, 0.2) is 0 Å². The normalized spacial score (nSPS) is 10.4. The molecule has 0 atom stereocenters. The van der Waals surface area contributed by atoms with Crippen LogP contribution in [0.1, 0.15) is 78.1 Å². The topological polar surface area (TPSA) is 34.1 Å². The summed E-state index contributed by atoms with van der Waals surface area (Å²) in [7, 11) is 0. The van der Waals surface area contributed by atoms with E-state index in [-0.39, 0.29) is 11.6 Å². The Bertz CT molecular complexity index is 197. The van der Waals surface area contributed by atoms with Crippen molar-refractivity contribution >= 4 is 11.6 Å². The maximum absolute atomic E-state index is 11.4. The highest BCUT2D eigenvalue weighted by Gasteiger charge is 2.11. The molecule has 0 fully saturated rings. The Morgan fingerprint density at radius 3 is 1.50 bits per heavy atom. The number of Topliss-reactive ketones (excluding diaryl/α,β-unsaturated/α-hetero) is 2. The number of carbonyl (C=O) groups is 2. The summed E-state index contributed by atoms with van der Waals surface area (Å²) in [5, 5.41) is 0. The van der Waals surface area contributed by atoms with Gasteiger partial charge in [0.15, 0.2) is 11.6 Å². The Morgan fingerprint density at radius 2 is 1.00 bits per heavy atom. The van der Waals surface area contributed by atoms with Crippen molar-refractivity contribution in [2.45, 2.75) is 78.1 Å². The molecule has 16 heavy (non-hydrogen) atoms. The van der Waals surface area contributed by atoms with Gasteiger partial charge in [0.1, 0.15) is 0 Å². The quantitative estimate of drug-likeness (QED) is 0.393. The van der Waals surface area contributed by atoms with E-state index in [4.69, 9.17) is 0 Å². The lowest BCUT2D eigenvalue weighted by molar-refractivity contribution is -0.136. The van der Waals surface area contributed by atoms with Gasteiger partial charge in [-0.15, -0.1) is 0 Å². The molecule has 0 aromatic carbocycles. The Labute approximate surface area is 99.8 Å². The molecule has 2 heteroatoms. The van der Waals surface area contributed by atoms with Crippen molar-refractivity contribution in [3.05, 3.63) is 0 Å². The number of carbonyl (C=O) groups excluding carboxylic acids is 2. The Hall–Kier alpha value is -0.660. The van der Waals surface area contributed by atoms with E-state index in [1.54, 1.807) is 0 Å². The summed E-state index contributed by atoms with van der Waals surface area (Å²) in [6.45, 7) is 4.27. The van der Waals surface area contributed by atoms with Gasteiger partial charge < -0.3 is 0 Å². The van der Waals surface area contributed by atoms with Gasteiger partial charge in [-0.25, -0.2) is 0 Å². The fourth-order valence-electron chi connectivity index (χ4n) is 1.70. The van der Waals surface area contributed by atoms with Crippen LogP contribution < -0.4 is 0 Å². The van der Waals surface area contributed by atoms with Crippen molar-refractivity contribution in [2.75, 3.05) is 0 Å². The zero-order valence-corrected chi connectivity index (χ0v) is 10.9. The third-order valence-corrected chi connectivity index (χ3v) is 2.83. The van der Waals surface area contributed by atoms with Crippen LogP contribution in [0.3, 0.4) is 0 Å². The van der Waals surface area contributed by atoms with E-state index in [9.17, 15) is 9.59 Å². The molecule has 0 amide bonds. The highest BCUT2D eigenvalue weighted by Crippen LogP contribution is 2.07. The van der Waals surface area contributed by atoms with Gasteiger partial charge in [-0.05, 0) is 12.8 Å². The van der Waals surface area contributed by atoms with Gasteiger partial charge in [0.25, 0.3) is 0 Å². The molecule has 0 aromatic rings. The molecule has 0 bridgehead atoms. The summed E-state index contributed by atoms with van der Waals surface area (Å²) in [5.41, 5.74) is 0. The molecule has 0 unspecified atom stereocenters. The van der Waals surface area contributed by atoms with Gasteiger partial charge >= 0.3 is 0 Å². The first kappa shape index (κ1) is 15.3. The summed E-state index contributed by atoms with van der Waals surface area (Å²) in [5.74, 6) is -0.295. The molecule has 0 rings (SSSR count). The predicted octanol–water partition coefficient (Wildman–Crippen LogP) is 4.07. The molecule has 0 saturated heterocycles. The number of unbranched alkanes of at least 4 members (excludes halogenated alkanes) is 6. The monoisotopic (exact) mass is 226 g/mol. The molecule has 0 spiro atoms. The van der Waals surface area contributed by atoms with Gasteiger partial charge in [-0.2, -0.15) is 0 Å². The molecular formula is C14H26O2. The molecule has 2 nitrogen and oxygen atoms in total. The van der Waals surface area contributed by atoms with Crippen molar-refractivity contribution in [1.29, 1.82) is 0 Å². The highest BCUT2D eigenvalue weighted by molar-refractivity contribution is 6.37. The van der Waals surface area contributed by atoms with Crippen LogP contribution in [-0.2, 0) is 9.59 Å². The van der Waals surface area contributed by atoms with E-state index >= 15 is 0 Å². The third-order valence-electron chi connectivity index (χ3n) is 2.83. The second-order valence-electron chi connectivity index (χ2n) is 4.47. The summed E-state index contributed by atoms with van der Waals surface area (Å²) in [6, 6.07) is 0. The SMILES string of the molecule is CCCCCCCC(=O)C(=O)CCCCC. The maximum Gasteiger partial charge on any atom is 0.198 e. The summed E-state index contributed by atoms with van der Waals surface area (Å²) in [6.07, 6.45) is 9.55. The van der Waals surface area contributed by atoms with Crippen LogP contribution >= 0.6 is 0 Å². The average molecular weight is 226 g/mol. The molecule has 0 heterocycles. The number of rotatable bonds is 11. The van der Waals surface area contributed by atoms with Crippen molar-refractivity contribution in [3.63, 3.8) is 0 Å². The van der Waals surface area contributed by atoms with Gasteiger partial charge in [0.2, 0.25) is 0 Å². The first-order valence-corrected chi connectivity index (χ1v) is 6.78. The fraction of sp³-hybridized carbons (Fsp3) is 0.857. The van der Waals surface area contributed by atoms with Crippen LogP contribution in [-0.4, -0.2) is 11.6 Å². The minimum atomic E-state index is -0.149. The number of hydrogen-bond acceptors (Lipinski definition) is 2. The highest BCUT2D eigenvalue weighted by atomic mass is 16.2. The molecule has 0 radical (unpaired) electrons. The Kier molecular flexibility index (Phi) is 10.4. The minimum Gasteiger partial charge on any atom is -0.291 e. The Balaban J connectivity index is 3.44. The molecule has 0 aromatic heterocycles. The van der Waals surface area contributed by atoms with E-state index in [0.29, 0.717) is 12.8 Å². The second-order valence-corrected chi connectivity index (χ2v) is 4.47. The number of ketones is 2. The van der Waals surface area contributed by atoms with E-state index in [1.165, 1.54) is 19.3 Å². The lowest BCUT2D eigenvalue weighted by Gasteiger charge is -2.00. The zero-order chi connectivity index (χ0) is 12.2. The predicted molar refractivity (Wildman–Crippen MR) is 67.5 cm³/mol. The zero-order valence-electron chi connectivity index (χ0n) is 10.9. The lowest BCUT2D eigenvalue weighted by atomic mass is 10.0. The van der Waals surface area contributed by atoms with Crippen LogP contribution in [0.25, 0.3) is 0 Å². The van der Waals surface area contributed by atoms with Crippen molar-refractivity contribution in [3.8, 4) is 0 Å². The van der Waals surface area contributed by atoms with Gasteiger partial charge in [-0.1, -0.05) is 52.4 Å². The molecule has 0 N–H and O–H groups in total. The summed E-state index contributed by atoms with van der Waals surface area (Å²) in [4.78, 5) is 22.8. The first-order valence-electron chi connectivity index (χ1n) is 6.78. The molecular weight excluding hydrogens is 200 g/mol.